The highest BCUT2D eigenvalue weighted by atomic mass is 19.1. The van der Waals surface area contributed by atoms with Crippen LogP contribution in [0.25, 0.3) is 0 Å². The number of allylic oxidation sites excluding steroid dienone is 1. The summed E-state index contributed by atoms with van der Waals surface area (Å²) in [6.07, 6.45) is 1.37. The van der Waals surface area contributed by atoms with Crippen molar-refractivity contribution in [2.45, 2.75) is 25.7 Å². The standard InChI is InChI=1S/C18H15FN2O3/c1-2-4-12-8-14-16(18(22)23-12)15(13(9-20)17(21)24-14)10-5-3-6-11(19)7-10/h3,5-8,15H,2,4,21H2,1H3. The Hall–Kier alpha value is -3.07. The molecule has 5 nitrogen and oxygen atoms in total. The predicted molar refractivity (Wildman–Crippen MR) is 84.7 cm³/mol. The lowest BCUT2D eigenvalue weighted by molar-refractivity contribution is 0.367. The topological polar surface area (TPSA) is 89.2 Å². The average Bonchev–Trinajstić information content (AvgIpc) is 2.53. The monoisotopic (exact) mass is 326 g/mol. The van der Waals surface area contributed by atoms with Crippen molar-refractivity contribution in [3.8, 4) is 11.8 Å². The minimum absolute atomic E-state index is 0.0589. The summed E-state index contributed by atoms with van der Waals surface area (Å²) in [5.74, 6) is -0.648. The number of halogens is 1. The predicted octanol–water partition coefficient (Wildman–Crippen LogP) is 2.95. The lowest BCUT2D eigenvalue weighted by Crippen LogP contribution is -2.26. The minimum Gasteiger partial charge on any atom is -0.440 e. The van der Waals surface area contributed by atoms with Crippen molar-refractivity contribution in [2.24, 2.45) is 5.73 Å². The third kappa shape index (κ3) is 2.65. The van der Waals surface area contributed by atoms with Crippen LogP contribution in [0.1, 0.15) is 36.1 Å². The second-order valence-corrected chi connectivity index (χ2v) is 5.51. The van der Waals surface area contributed by atoms with Crippen molar-refractivity contribution < 1.29 is 13.5 Å². The van der Waals surface area contributed by atoms with Crippen LogP contribution in [0.3, 0.4) is 0 Å². The summed E-state index contributed by atoms with van der Waals surface area (Å²) in [5.41, 5.74) is 5.90. The van der Waals surface area contributed by atoms with Crippen LogP contribution < -0.4 is 16.1 Å². The van der Waals surface area contributed by atoms with Crippen LogP contribution in [0.5, 0.6) is 5.75 Å². The van der Waals surface area contributed by atoms with Gasteiger partial charge in [-0.2, -0.15) is 5.26 Å². The van der Waals surface area contributed by atoms with Gasteiger partial charge < -0.3 is 14.9 Å². The van der Waals surface area contributed by atoms with Gasteiger partial charge in [-0.25, -0.2) is 9.18 Å². The van der Waals surface area contributed by atoms with Gasteiger partial charge in [0.25, 0.3) is 0 Å². The third-order valence-electron chi connectivity index (χ3n) is 3.86. The number of hydrogen-bond acceptors (Lipinski definition) is 5. The van der Waals surface area contributed by atoms with Gasteiger partial charge in [-0.15, -0.1) is 0 Å². The Kier molecular flexibility index (Phi) is 4.09. The van der Waals surface area contributed by atoms with E-state index in [0.29, 0.717) is 17.7 Å². The molecule has 0 fully saturated rings. The number of nitriles is 1. The van der Waals surface area contributed by atoms with Crippen molar-refractivity contribution in [1.82, 2.24) is 0 Å². The molecule has 2 N–H and O–H groups in total. The molecule has 122 valence electrons. The molecular formula is C18H15FN2O3. The van der Waals surface area contributed by atoms with Crippen LogP contribution in [0.4, 0.5) is 4.39 Å². The van der Waals surface area contributed by atoms with Gasteiger partial charge in [0.1, 0.15) is 29.0 Å². The van der Waals surface area contributed by atoms with Gasteiger partial charge >= 0.3 is 5.63 Å². The lowest BCUT2D eigenvalue weighted by atomic mass is 9.84. The molecule has 1 atom stereocenters. The summed E-state index contributed by atoms with van der Waals surface area (Å²) in [4.78, 5) is 12.5. The highest BCUT2D eigenvalue weighted by Crippen LogP contribution is 2.40. The number of benzene rings is 1. The van der Waals surface area contributed by atoms with E-state index < -0.39 is 17.4 Å². The number of nitrogens with two attached hydrogens (primary N) is 1. The van der Waals surface area contributed by atoms with Gasteiger partial charge in [-0.05, 0) is 24.1 Å². The van der Waals surface area contributed by atoms with E-state index >= 15 is 0 Å². The van der Waals surface area contributed by atoms with Crippen molar-refractivity contribution in [3.63, 3.8) is 0 Å². The van der Waals surface area contributed by atoms with E-state index in [-0.39, 0.29) is 22.8 Å². The summed E-state index contributed by atoms with van der Waals surface area (Å²) in [7, 11) is 0. The smallest absolute Gasteiger partial charge is 0.343 e. The second kappa shape index (κ2) is 6.20. The lowest BCUT2D eigenvalue weighted by Gasteiger charge is -2.25. The quantitative estimate of drug-likeness (QED) is 0.936. The van der Waals surface area contributed by atoms with Crippen molar-refractivity contribution >= 4 is 0 Å². The maximum absolute atomic E-state index is 13.6. The molecule has 0 aliphatic carbocycles. The summed E-state index contributed by atoms with van der Waals surface area (Å²) < 4.78 is 24.4. The summed E-state index contributed by atoms with van der Waals surface area (Å²) in [6, 6.07) is 9.26. The fourth-order valence-electron chi connectivity index (χ4n) is 2.84. The minimum atomic E-state index is -0.818. The number of ether oxygens (including phenoxy) is 1. The van der Waals surface area contributed by atoms with Gasteiger partial charge in [0.2, 0.25) is 5.88 Å². The Labute approximate surface area is 137 Å². The zero-order chi connectivity index (χ0) is 17.3. The number of hydrogen-bond donors (Lipinski definition) is 1. The molecule has 0 saturated heterocycles. The van der Waals surface area contributed by atoms with E-state index in [4.69, 9.17) is 14.9 Å². The van der Waals surface area contributed by atoms with Crippen LogP contribution in [0, 0.1) is 17.1 Å². The van der Waals surface area contributed by atoms with Crippen molar-refractivity contribution in [2.75, 3.05) is 0 Å². The first-order chi connectivity index (χ1) is 11.5. The van der Waals surface area contributed by atoms with E-state index in [1.54, 1.807) is 12.1 Å². The molecule has 0 saturated carbocycles. The Morgan fingerprint density at radius 2 is 2.17 bits per heavy atom. The molecule has 3 rings (SSSR count). The maximum atomic E-state index is 13.6. The molecule has 1 unspecified atom stereocenters. The van der Waals surface area contributed by atoms with Gasteiger partial charge in [0.15, 0.2) is 0 Å². The highest BCUT2D eigenvalue weighted by molar-refractivity contribution is 5.54. The molecule has 2 heterocycles. The zero-order valence-corrected chi connectivity index (χ0v) is 13.0. The molecule has 1 aromatic heterocycles. The van der Waals surface area contributed by atoms with Crippen LogP contribution in [0.15, 0.2) is 51.0 Å². The molecule has 1 aromatic carbocycles. The first-order valence-electron chi connectivity index (χ1n) is 7.55. The number of rotatable bonds is 3. The first kappa shape index (κ1) is 15.8. The maximum Gasteiger partial charge on any atom is 0.343 e. The Bertz CT molecular complexity index is 925. The first-order valence-corrected chi connectivity index (χ1v) is 7.55. The Morgan fingerprint density at radius 3 is 2.83 bits per heavy atom. The number of nitrogens with zero attached hydrogens (tertiary/aromatic N) is 1. The molecule has 24 heavy (non-hydrogen) atoms. The fourth-order valence-corrected chi connectivity index (χ4v) is 2.84. The Balaban J connectivity index is 2.25. The molecule has 0 amide bonds. The summed E-state index contributed by atoms with van der Waals surface area (Å²) in [5, 5.41) is 9.42. The molecule has 0 bridgehead atoms. The van der Waals surface area contributed by atoms with Crippen LogP contribution in [-0.4, -0.2) is 0 Å². The average molecular weight is 326 g/mol. The van der Waals surface area contributed by atoms with E-state index in [1.165, 1.54) is 18.2 Å². The van der Waals surface area contributed by atoms with Gasteiger partial charge in [0, 0.05) is 12.5 Å². The highest BCUT2D eigenvalue weighted by Gasteiger charge is 2.34. The van der Waals surface area contributed by atoms with Crippen molar-refractivity contribution in [3.05, 3.63) is 74.9 Å². The molecular weight excluding hydrogens is 311 g/mol. The van der Waals surface area contributed by atoms with E-state index in [2.05, 4.69) is 0 Å². The van der Waals surface area contributed by atoms with E-state index in [1.807, 2.05) is 13.0 Å². The van der Waals surface area contributed by atoms with Gasteiger partial charge in [0.05, 0.1) is 11.5 Å². The Morgan fingerprint density at radius 1 is 1.38 bits per heavy atom. The molecule has 2 aromatic rings. The van der Waals surface area contributed by atoms with Gasteiger partial charge in [-0.1, -0.05) is 19.1 Å². The normalized spacial score (nSPS) is 16.3. The second-order valence-electron chi connectivity index (χ2n) is 5.51. The zero-order valence-electron chi connectivity index (χ0n) is 13.0. The van der Waals surface area contributed by atoms with Crippen LogP contribution in [0.2, 0.25) is 0 Å². The summed E-state index contributed by atoms with van der Waals surface area (Å²) in [6.45, 7) is 1.96. The fraction of sp³-hybridized carbons (Fsp3) is 0.222. The SMILES string of the molecule is CCCc1cc2c(c(=O)o1)C(c1cccc(F)c1)C(C#N)=C(N)O2. The number of aryl methyl sites for hydroxylation is 1. The van der Waals surface area contributed by atoms with E-state index in [9.17, 15) is 14.4 Å². The molecule has 1 aliphatic heterocycles. The molecule has 0 radical (unpaired) electrons. The van der Waals surface area contributed by atoms with Crippen LogP contribution in [-0.2, 0) is 6.42 Å². The largest absolute Gasteiger partial charge is 0.440 e. The third-order valence-corrected chi connectivity index (χ3v) is 3.86. The van der Waals surface area contributed by atoms with E-state index in [0.717, 1.165) is 6.42 Å². The molecule has 0 spiro atoms. The molecule has 1 aliphatic rings. The van der Waals surface area contributed by atoms with Crippen LogP contribution >= 0.6 is 0 Å². The number of fused-ring (bicyclic) bond motifs is 1. The van der Waals surface area contributed by atoms with Gasteiger partial charge in [-0.3, -0.25) is 0 Å². The summed E-state index contributed by atoms with van der Waals surface area (Å²) >= 11 is 0. The van der Waals surface area contributed by atoms with Crippen molar-refractivity contribution in [1.29, 1.82) is 5.26 Å². The molecule has 6 heteroatoms.